The van der Waals surface area contributed by atoms with Crippen LogP contribution in [0.2, 0.25) is 0 Å². The van der Waals surface area contributed by atoms with Crippen molar-refractivity contribution in [3.8, 4) is 6.07 Å². The number of nitrogens with zero attached hydrogens (tertiary/aromatic N) is 1. The molecule has 0 aliphatic heterocycles. The van der Waals surface area contributed by atoms with E-state index in [9.17, 15) is 0 Å². The minimum absolute atomic E-state index is 0.301. The summed E-state index contributed by atoms with van der Waals surface area (Å²) in [6.07, 6.45) is 1.17. The molecule has 0 spiro atoms. The Bertz CT molecular complexity index is 106. The first kappa shape index (κ1) is 4.97. The number of nitriles is 1. The summed E-state index contributed by atoms with van der Waals surface area (Å²) in [5, 5.41) is 7.87. The first-order chi connectivity index (χ1) is 2.81. The first-order valence-electron chi connectivity index (χ1n) is 1.45. The van der Waals surface area contributed by atoms with Gasteiger partial charge in [0.15, 0.2) is 0 Å². The Hall–Kier alpha value is -1.03. The molecule has 0 unspecified atom stereocenters. The van der Waals surface area contributed by atoms with Crippen LogP contribution in [0.1, 0.15) is 0 Å². The van der Waals surface area contributed by atoms with Gasteiger partial charge < -0.3 is 0 Å². The van der Waals surface area contributed by atoms with E-state index in [0.717, 1.165) is 0 Å². The van der Waals surface area contributed by atoms with E-state index in [4.69, 9.17) is 11.8 Å². The summed E-state index contributed by atoms with van der Waals surface area (Å²) in [5.74, 6) is 0. The molecule has 0 aliphatic rings. The van der Waals surface area contributed by atoms with Gasteiger partial charge in [-0.15, -0.1) is 0 Å². The maximum Gasteiger partial charge on any atom is 0.0985 e. The van der Waals surface area contributed by atoms with Crippen molar-refractivity contribution in [2.24, 2.45) is 0 Å². The van der Waals surface area contributed by atoms with Gasteiger partial charge in [-0.05, 0) is 6.08 Å². The Balaban J connectivity index is 3.63. The topological polar surface area (TPSA) is 23.8 Å². The predicted molar refractivity (Wildman–Crippen MR) is 23.6 cm³/mol. The summed E-state index contributed by atoms with van der Waals surface area (Å²) >= 11 is 0. The van der Waals surface area contributed by atoms with Gasteiger partial charge in [0.05, 0.1) is 6.07 Å². The van der Waals surface area contributed by atoms with Crippen LogP contribution in [0.4, 0.5) is 0 Å². The third kappa shape index (κ3) is 1.31. The lowest BCUT2D eigenvalue weighted by Gasteiger charge is -1.67. The standard InChI is InChI=1S/C5H4N/c1-3-5(2)4-6/h1,3H,2H2. The van der Waals surface area contributed by atoms with E-state index in [1.54, 1.807) is 6.07 Å². The molecule has 0 saturated heterocycles. The van der Waals surface area contributed by atoms with Crippen molar-refractivity contribution in [2.45, 2.75) is 0 Å². The van der Waals surface area contributed by atoms with E-state index < -0.39 is 0 Å². The summed E-state index contributed by atoms with van der Waals surface area (Å²) in [6, 6.07) is 1.74. The van der Waals surface area contributed by atoms with E-state index in [1.165, 1.54) is 6.08 Å². The Morgan fingerprint density at radius 2 is 2.50 bits per heavy atom. The molecule has 0 amide bonds. The highest BCUT2D eigenvalue weighted by Crippen LogP contribution is 1.81. The maximum absolute atomic E-state index is 7.87. The van der Waals surface area contributed by atoms with Crippen LogP contribution in [0.25, 0.3) is 0 Å². The van der Waals surface area contributed by atoms with E-state index >= 15 is 0 Å². The van der Waals surface area contributed by atoms with Gasteiger partial charge >= 0.3 is 0 Å². The second-order valence-corrected chi connectivity index (χ2v) is 0.804. The first-order valence-corrected chi connectivity index (χ1v) is 1.45. The monoisotopic (exact) mass is 78.0 g/mol. The molecule has 0 rings (SSSR count). The lowest BCUT2D eigenvalue weighted by molar-refractivity contribution is 1.51. The zero-order valence-corrected chi connectivity index (χ0v) is 3.31. The van der Waals surface area contributed by atoms with Gasteiger partial charge in [-0.2, -0.15) is 5.26 Å². The van der Waals surface area contributed by atoms with Crippen LogP contribution in [0.3, 0.4) is 0 Å². The van der Waals surface area contributed by atoms with Crippen LogP contribution >= 0.6 is 0 Å². The Kier molecular flexibility index (Phi) is 1.84. The number of hydrogen-bond donors (Lipinski definition) is 0. The third-order valence-electron chi connectivity index (χ3n) is 0.345. The molecule has 1 nitrogen and oxygen atoms in total. The Labute approximate surface area is 37.2 Å². The van der Waals surface area contributed by atoms with Gasteiger partial charge in [-0.25, -0.2) is 0 Å². The van der Waals surface area contributed by atoms with Gasteiger partial charge in [0.2, 0.25) is 0 Å². The predicted octanol–water partition coefficient (Wildman–Crippen LogP) is 1.06. The van der Waals surface area contributed by atoms with Crippen LogP contribution in [0.15, 0.2) is 18.2 Å². The average molecular weight is 78.1 g/mol. The zero-order valence-electron chi connectivity index (χ0n) is 3.31. The normalized spacial score (nSPS) is 5.83. The summed E-state index contributed by atoms with van der Waals surface area (Å²) in [5.41, 5.74) is 0.301. The van der Waals surface area contributed by atoms with Crippen molar-refractivity contribution in [1.29, 1.82) is 5.26 Å². The van der Waals surface area contributed by atoms with Crippen LogP contribution in [-0.2, 0) is 0 Å². The zero-order chi connectivity index (χ0) is 4.99. The second kappa shape index (κ2) is 2.22. The highest BCUT2D eigenvalue weighted by molar-refractivity contribution is 5.26. The van der Waals surface area contributed by atoms with Crippen LogP contribution in [0, 0.1) is 17.9 Å². The smallest absolute Gasteiger partial charge is 0.0985 e. The molecule has 0 aromatic heterocycles. The highest BCUT2D eigenvalue weighted by Gasteiger charge is 1.71. The number of rotatable bonds is 1. The quantitative estimate of drug-likeness (QED) is 0.340. The van der Waals surface area contributed by atoms with Gasteiger partial charge in [0.25, 0.3) is 0 Å². The molecule has 0 atom stereocenters. The van der Waals surface area contributed by atoms with Crippen molar-refractivity contribution in [3.63, 3.8) is 0 Å². The van der Waals surface area contributed by atoms with Gasteiger partial charge in [0, 0.05) is 5.57 Å². The molecular weight excluding hydrogens is 74.1 g/mol. The van der Waals surface area contributed by atoms with Crippen molar-refractivity contribution in [3.05, 3.63) is 24.8 Å². The van der Waals surface area contributed by atoms with Gasteiger partial charge in [-0.1, -0.05) is 13.2 Å². The average Bonchev–Trinajstić information content (AvgIpc) is 1.65. The highest BCUT2D eigenvalue weighted by atomic mass is 14.2. The summed E-state index contributed by atoms with van der Waals surface area (Å²) in [7, 11) is 0. The third-order valence-corrected chi connectivity index (χ3v) is 0.345. The Morgan fingerprint density at radius 3 is 2.50 bits per heavy atom. The molecule has 0 N–H and O–H groups in total. The molecule has 0 aromatic carbocycles. The fourth-order valence-electron chi connectivity index (χ4n) is 0.0373. The number of hydrogen-bond acceptors (Lipinski definition) is 1. The lowest BCUT2D eigenvalue weighted by Crippen LogP contribution is -1.57. The summed E-state index contributed by atoms with van der Waals surface area (Å²) in [6.45, 7) is 8.09. The van der Waals surface area contributed by atoms with Crippen LogP contribution < -0.4 is 0 Å². The maximum atomic E-state index is 7.87. The second-order valence-electron chi connectivity index (χ2n) is 0.804. The summed E-state index contributed by atoms with van der Waals surface area (Å²) < 4.78 is 0. The molecule has 6 heavy (non-hydrogen) atoms. The minimum Gasteiger partial charge on any atom is -0.192 e. The largest absolute Gasteiger partial charge is 0.192 e. The molecule has 0 aliphatic carbocycles. The van der Waals surface area contributed by atoms with Gasteiger partial charge in [-0.3, -0.25) is 0 Å². The fourth-order valence-corrected chi connectivity index (χ4v) is 0.0373. The molecular formula is C5H4N. The lowest BCUT2D eigenvalue weighted by atomic mass is 10.3. The molecule has 0 saturated carbocycles. The fraction of sp³-hybridized carbons (Fsp3) is 0. The van der Waals surface area contributed by atoms with Crippen molar-refractivity contribution in [1.82, 2.24) is 0 Å². The molecule has 0 aromatic rings. The molecule has 29 valence electrons. The van der Waals surface area contributed by atoms with Crippen molar-refractivity contribution < 1.29 is 0 Å². The molecule has 1 heteroatoms. The van der Waals surface area contributed by atoms with E-state index in [2.05, 4.69) is 6.58 Å². The number of allylic oxidation sites excluding steroid dienone is 2. The van der Waals surface area contributed by atoms with Crippen LogP contribution in [-0.4, -0.2) is 0 Å². The van der Waals surface area contributed by atoms with Crippen molar-refractivity contribution >= 4 is 0 Å². The minimum atomic E-state index is 0.301. The molecule has 0 fully saturated rings. The molecule has 1 radical (unpaired) electrons. The Morgan fingerprint density at radius 1 is 2.00 bits per heavy atom. The van der Waals surface area contributed by atoms with E-state index in [1.807, 2.05) is 0 Å². The molecule has 0 heterocycles. The van der Waals surface area contributed by atoms with Gasteiger partial charge in [0.1, 0.15) is 0 Å². The van der Waals surface area contributed by atoms with Crippen molar-refractivity contribution in [2.75, 3.05) is 0 Å². The SMILES string of the molecule is [CH]=CC(=C)C#N. The van der Waals surface area contributed by atoms with Crippen LogP contribution in [0.5, 0.6) is 0 Å². The summed E-state index contributed by atoms with van der Waals surface area (Å²) in [4.78, 5) is 0. The van der Waals surface area contributed by atoms with E-state index in [0.29, 0.717) is 5.57 Å². The molecule has 0 bridgehead atoms. The van der Waals surface area contributed by atoms with E-state index in [-0.39, 0.29) is 0 Å².